The molecule has 0 saturated heterocycles. The van der Waals surface area contributed by atoms with Crippen molar-refractivity contribution in [3.63, 3.8) is 0 Å². The van der Waals surface area contributed by atoms with E-state index in [9.17, 15) is 4.79 Å². The van der Waals surface area contributed by atoms with E-state index in [0.29, 0.717) is 17.6 Å². The van der Waals surface area contributed by atoms with E-state index >= 15 is 0 Å². The highest BCUT2D eigenvalue weighted by Gasteiger charge is 2.80. The fourth-order valence-corrected chi connectivity index (χ4v) is 6.10. The number of fused-ring (bicyclic) bond motifs is 2. The minimum absolute atomic E-state index is 0.583. The Hall–Kier alpha value is -0.330. The summed E-state index contributed by atoms with van der Waals surface area (Å²) in [5, 5.41) is 0. The summed E-state index contributed by atoms with van der Waals surface area (Å²) < 4.78 is 0. The van der Waals surface area contributed by atoms with Crippen LogP contribution in [0.1, 0.15) is 12.8 Å². The number of ketones is 1. The average molecular weight is 160 g/mol. The summed E-state index contributed by atoms with van der Waals surface area (Å²) in [6, 6.07) is 0. The number of carbonyl (C=O) groups is 1. The van der Waals surface area contributed by atoms with Crippen molar-refractivity contribution in [1.29, 1.82) is 0 Å². The van der Waals surface area contributed by atoms with Crippen molar-refractivity contribution in [1.82, 2.24) is 0 Å². The van der Waals surface area contributed by atoms with Crippen molar-refractivity contribution in [3.05, 3.63) is 0 Å². The zero-order chi connectivity index (χ0) is 7.61. The predicted molar refractivity (Wildman–Crippen MR) is 42.2 cm³/mol. The molecule has 5 rings (SSSR count). The van der Waals surface area contributed by atoms with Crippen LogP contribution in [-0.2, 0) is 4.79 Å². The van der Waals surface area contributed by atoms with Crippen LogP contribution in [0.4, 0.5) is 0 Å². The van der Waals surface area contributed by atoms with Crippen molar-refractivity contribution in [2.75, 3.05) is 0 Å². The first-order valence-electron chi connectivity index (χ1n) is 5.41. The van der Waals surface area contributed by atoms with Crippen molar-refractivity contribution in [2.24, 2.45) is 47.3 Å². The van der Waals surface area contributed by atoms with Gasteiger partial charge in [0.15, 0.2) is 0 Å². The van der Waals surface area contributed by atoms with E-state index in [4.69, 9.17) is 0 Å². The van der Waals surface area contributed by atoms with Crippen LogP contribution in [0.2, 0.25) is 0 Å². The Bertz CT molecular complexity index is 315. The topological polar surface area (TPSA) is 17.1 Å². The summed E-state index contributed by atoms with van der Waals surface area (Å²) in [4.78, 5) is 11.9. The fraction of sp³-hybridized carbons (Fsp3) is 0.909. The molecule has 5 aliphatic rings. The van der Waals surface area contributed by atoms with Crippen LogP contribution in [0, 0.1) is 47.3 Å². The first kappa shape index (κ1) is 5.41. The van der Waals surface area contributed by atoms with E-state index in [-0.39, 0.29) is 0 Å². The molecule has 12 heavy (non-hydrogen) atoms. The second-order valence-corrected chi connectivity index (χ2v) is 5.74. The second-order valence-electron chi connectivity index (χ2n) is 5.74. The summed E-state index contributed by atoms with van der Waals surface area (Å²) in [7, 11) is 0. The Morgan fingerprint density at radius 1 is 0.833 bits per heavy atom. The van der Waals surface area contributed by atoms with Gasteiger partial charge in [-0.2, -0.15) is 0 Å². The molecule has 5 aliphatic carbocycles. The van der Waals surface area contributed by atoms with Crippen molar-refractivity contribution < 1.29 is 4.79 Å². The summed E-state index contributed by atoms with van der Waals surface area (Å²) in [6.45, 7) is 0. The van der Waals surface area contributed by atoms with E-state index in [1.165, 1.54) is 12.8 Å². The average Bonchev–Trinajstić information content (AvgIpc) is 2.47. The van der Waals surface area contributed by atoms with Crippen molar-refractivity contribution in [3.8, 4) is 0 Å². The minimum atomic E-state index is 0.583. The van der Waals surface area contributed by atoms with Crippen molar-refractivity contribution >= 4 is 5.78 Å². The Kier molecular flexibility index (Phi) is 0.547. The number of hydrogen-bond donors (Lipinski definition) is 0. The van der Waals surface area contributed by atoms with Crippen LogP contribution in [0.5, 0.6) is 0 Å². The Balaban J connectivity index is 1.91. The maximum absolute atomic E-state index is 11.9. The summed E-state index contributed by atoms with van der Waals surface area (Å²) in [5.74, 6) is 7.54. The lowest BCUT2D eigenvalue weighted by Crippen LogP contribution is -2.44. The Morgan fingerprint density at radius 2 is 1.58 bits per heavy atom. The van der Waals surface area contributed by atoms with E-state index in [0.717, 1.165) is 35.5 Å². The van der Waals surface area contributed by atoms with Gasteiger partial charge in [0.2, 0.25) is 0 Å². The highest BCUT2D eigenvalue weighted by molar-refractivity contribution is 5.91. The largest absolute Gasteiger partial charge is 0.299 e. The monoisotopic (exact) mass is 160 g/mol. The van der Waals surface area contributed by atoms with Crippen LogP contribution >= 0.6 is 0 Å². The number of carbonyl (C=O) groups excluding carboxylic acids is 1. The van der Waals surface area contributed by atoms with Gasteiger partial charge in [-0.1, -0.05) is 0 Å². The molecule has 0 aromatic rings. The van der Waals surface area contributed by atoms with Gasteiger partial charge in [-0.3, -0.25) is 4.79 Å². The van der Waals surface area contributed by atoms with Gasteiger partial charge in [-0.15, -0.1) is 0 Å². The predicted octanol–water partition coefficient (Wildman–Crippen LogP) is 1.33. The van der Waals surface area contributed by atoms with E-state index in [1.807, 2.05) is 0 Å². The van der Waals surface area contributed by atoms with Crippen LogP contribution in [0.15, 0.2) is 0 Å². The molecule has 0 spiro atoms. The second kappa shape index (κ2) is 1.21. The fourth-order valence-electron chi connectivity index (χ4n) is 6.10. The molecule has 1 nitrogen and oxygen atoms in total. The standard InChI is InChI=1S/C11H12O/c12-11-8-4-2-5-7-3(4)1-6(8)9(7)10(5)11/h3-10H,1-2H2/t3-,4+,5-,6+,7-,8-,9+,10+/m1/s1. The van der Waals surface area contributed by atoms with E-state index in [2.05, 4.69) is 0 Å². The molecule has 0 aliphatic heterocycles. The molecular weight excluding hydrogens is 148 g/mol. The summed E-state index contributed by atoms with van der Waals surface area (Å²) >= 11 is 0. The van der Waals surface area contributed by atoms with Gasteiger partial charge < -0.3 is 0 Å². The first-order valence-corrected chi connectivity index (χ1v) is 5.41. The lowest BCUT2D eigenvalue weighted by molar-refractivity contribution is -0.132. The quantitative estimate of drug-likeness (QED) is 0.522. The molecule has 0 aromatic carbocycles. The zero-order valence-corrected chi connectivity index (χ0v) is 6.94. The van der Waals surface area contributed by atoms with Gasteiger partial charge in [0.25, 0.3) is 0 Å². The van der Waals surface area contributed by atoms with Gasteiger partial charge in [-0.25, -0.2) is 0 Å². The molecule has 5 saturated carbocycles. The molecule has 0 amide bonds. The van der Waals surface area contributed by atoms with E-state index < -0.39 is 0 Å². The molecule has 5 fully saturated rings. The van der Waals surface area contributed by atoms with Crippen LogP contribution in [0.3, 0.4) is 0 Å². The van der Waals surface area contributed by atoms with Gasteiger partial charge >= 0.3 is 0 Å². The third kappa shape index (κ3) is 0.272. The molecule has 0 unspecified atom stereocenters. The normalized spacial score (nSPS) is 79.2. The maximum Gasteiger partial charge on any atom is 0.140 e. The van der Waals surface area contributed by atoms with Gasteiger partial charge in [0, 0.05) is 11.8 Å². The lowest BCUT2D eigenvalue weighted by atomic mass is 9.60. The third-order valence-electron chi connectivity index (χ3n) is 6.02. The van der Waals surface area contributed by atoms with Gasteiger partial charge in [0.05, 0.1) is 0 Å². The Morgan fingerprint density at radius 3 is 2.50 bits per heavy atom. The molecule has 8 atom stereocenters. The molecule has 0 radical (unpaired) electrons. The molecule has 0 aromatic heterocycles. The maximum atomic E-state index is 11.9. The van der Waals surface area contributed by atoms with Crippen molar-refractivity contribution in [2.45, 2.75) is 12.8 Å². The minimum Gasteiger partial charge on any atom is -0.299 e. The third-order valence-corrected chi connectivity index (χ3v) is 6.02. The molecule has 62 valence electrons. The zero-order valence-electron chi connectivity index (χ0n) is 6.94. The molecule has 1 heteroatoms. The molecule has 0 heterocycles. The molecular formula is C11H12O. The lowest BCUT2D eigenvalue weighted by Gasteiger charge is -2.43. The summed E-state index contributed by atoms with van der Waals surface area (Å²) in [6.07, 6.45) is 2.90. The summed E-state index contributed by atoms with van der Waals surface area (Å²) in [5.41, 5.74) is 0. The molecule has 2 bridgehead atoms. The van der Waals surface area contributed by atoms with Gasteiger partial charge in [-0.05, 0) is 48.3 Å². The van der Waals surface area contributed by atoms with Crippen LogP contribution in [-0.4, -0.2) is 5.78 Å². The van der Waals surface area contributed by atoms with Crippen LogP contribution < -0.4 is 0 Å². The SMILES string of the molecule is O=C1[C@@H]2[C@H]3C[C@H]4[C@H]1[C@H]1[C@H]2C[C@H]3[C@H]41. The highest BCUT2D eigenvalue weighted by Crippen LogP contribution is 2.81. The highest BCUT2D eigenvalue weighted by atomic mass is 16.1. The number of hydrogen-bond acceptors (Lipinski definition) is 1. The van der Waals surface area contributed by atoms with Crippen LogP contribution in [0.25, 0.3) is 0 Å². The number of rotatable bonds is 0. The Labute approximate surface area is 71.5 Å². The number of Topliss-reactive ketones (excluding diaryl/α,β-unsaturated/α-hetero) is 1. The smallest absolute Gasteiger partial charge is 0.140 e. The van der Waals surface area contributed by atoms with Gasteiger partial charge in [0.1, 0.15) is 5.78 Å². The van der Waals surface area contributed by atoms with E-state index in [1.54, 1.807) is 0 Å². The first-order chi connectivity index (χ1) is 5.88. The molecule has 0 N–H and O–H groups in total.